The fourth-order valence-electron chi connectivity index (χ4n) is 4.69. The number of ether oxygens (including phenoxy) is 1. The summed E-state index contributed by atoms with van der Waals surface area (Å²) in [5, 5.41) is 12.6. The van der Waals surface area contributed by atoms with Crippen molar-refractivity contribution < 1.29 is 13.9 Å². The van der Waals surface area contributed by atoms with Crippen LogP contribution in [0, 0.1) is 6.92 Å². The summed E-state index contributed by atoms with van der Waals surface area (Å²) in [7, 11) is 0. The first kappa shape index (κ1) is 19.9. The van der Waals surface area contributed by atoms with Gasteiger partial charge in [-0.15, -0.1) is 0 Å². The summed E-state index contributed by atoms with van der Waals surface area (Å²) in [4.78, 5) is 29.8. The summed E-state index contributed by atoms with van der Waals surface area (Å²) >= 11 is 0. The summed E-state index contributed by atoms with van der Waals surface area (Å²) in [5.74, 6) is -0.721. The molecule has 0 bridgehead atoms. The molecule has 2 aliphatic heterocycles. The fourth-order valence-corrected chi connectivity index (χ4v) is 4.69. The number of hydrogen-bond donors (Lipinski definition) is 2. The molecule has 0 spiro atoms. The van der Waals surface area contributed by atoms with Crippen LogP contribution in [0.2, 0.25) is 0 Å². The molecule has 2 aliphatic rings. The van der Waals surface area contributed by atoms with Gasteiger partial charge in [0.2, 0.25) is 0 Å². The number of cyclic esters (lactones) is 1. The molecule has 1 saturated heterocycles. The van der Waals surface area contributed by atoms with Gasteiger partial charge in [0.25, 0.3) is 0 Å². The standard InChI is InChI=1S/C23H22N6O4/c1-13-16(3-4-17-18(13)12-32-22(17)30)20-11-28(7-6-24-20)10-14-9-25-29(27-14)15-2-5-21-19(8-15)26-23(31)33-21/h2-5,8-9,20,24H,6-7,10-12H2,1H3,(H,26,31)/t20-/m0/s1. The Morgan fingerprint density at radius 3 is 3.03 bits per heavy atom. The Labute approximate surface area is 188 Å². The molecule has 10 nitrogen and oxygen atoms in total. The first-order valence-corrected chi connectivity index (χ1v) is 10.8. The predicted octanol–water partition coefficient (Wildman–Crippen LogP) is 1.83. The van der Waals surface area contributed by atoms with Crippen LogP contribution in [0.1, 0.15) is 38.8 Å². The number of hydrogen-bond acceptors (Lipinski definition) is 8. The van der Waals surface area contributed by atoms with E-state index in [0.717, 1.165) is 42.1 Å². The topological polar surface area (TPSA) is 118 Å². The van der Waals surface area contributed by atoms with Gasteiger partial charge in [0.15, 0.2) is 5.58 Å². The maximum atomic E-state index is 11.8. The lowest BCUT2D eigenvalue weighted by Crippen LogP contribution is -2.45. The van der Waals surface area contributed by atoms with Crippen LogP contribution in [-0.4, -0.2) is 50.5 Å². The molecule has 4 aromatic rings. The number of rotatable bonds is 4. The number of esters is 1. The minimum Gasteiger partial charge on any atom is -0.457 e. The minimum absolute atomic E-state index is 0.162. The number of nitrogens with zero attached hydrogens (tertiary/aromatic N) is 4. The number of benzene rings is 2. The molecule has 0 amide bonds. The largest absolute Gasteiger partial charge is 0.457 e. The number of aromatic amines is 1. The molecule has 0 aliphatic carbocycles. The highest BCUT2D eigenvalue weighted by atomic mass is 16.5. The second-order valence-electron chi connectivity index (χ2n) is 8.44. The van der Waals surface area contributed by atoms with Gasteiger partial charge in [-0.2, -0.15) is 15.0 Å². The molecule has 0 radical (unpaired) electrons. The molecule has 6 rings (SSSR count). The average molecular weight is 446 g/mol. The van der Waals surface area contributed by atoms with E-state index in [1.54, 1.807) is 23.1 Å². The van der Waals surface area contributed by atoms with Crippen LogP contribution in [-0.2, 0) is 17.9 Å². The van der Waals surface area contributed by atoms with Crippen LogP contribution in [0.4, 0.5) is 0 Å². The highest BCUT2D eigenvalue weighted by Crippen LogP contribution is 2.30. The summed E-state index contributed by atoms with van der Waals surface area (Å²) in [6, 6.07) is 9.40. The second kappa shape index (κ2) is 7.68. The van der Waals surface area contributed by atoms with E-state index >= 15 is 0 Å². The van der Waals surface area contributed by atoms with Crippen molar-refractivity contribution in [2.24, 2.45) is 0 Å². The summed E-state index contributed by atoms with van der Waals surface area (Å²) in [6.07, 6.45) is 1.77. The van der Waals surface area contributed by atoms with Gasteiger partial charge >= 0.3 is 11.7 Å². The number of carbonyl (C=O) groups is 1. The molecule has 1 fully saturated rings. The van der Waals surface area contributed by atoms with Crippen molar-refractivity contribution in [1.29, 1.82) is 0 Å². The molecule has 0 unspecified atom stereocenters. The number of nitrogens with one attached hydrogen (secondary N) is 2. The van der Waals surface area contributed by atoms with Crippen molar-refractivity contribution in [3.63, 3.8) is 0 Å². The Morgan fingerprint density at radius 1 is 1.21 bits per heavy atom. The van der Waals surface area contributed by atoms with Gasteiger partial charge in [-0.05, 0) is 42.3 Å². The molecule has 168 valence electrons. The Kier molecular flexibility index (Phi) is 4.63. The van der Waals surface area contributed by atoms with Crippen LogP contribution in [0.5, 0.6) is 0 Å². The van der Waals surface area contributed by atoms with Crippen LogP contribution in [0.25, 0.3) is 16.8 Å². The third-order valence-corrected chi connectivity index (χ3v) is 6.40. The van der Waals surface area contributed by atoms with Crippen molar-refractivity contribution in [3.8, 4) is 5.69 Å². The van der Waals surface area contributed by atoms with E-state index in [1.165, 1.54) is 5.56 Å². The van der Waals surface area contributed by atoms with Crippen LogP contribution < -0.4 is 11.1 Å². The molecule has 4 heterocycles. The zero-order valence-electron chi connectivity index (χ0n) is 18.0. The maximum Gasteiger partial charge on any atom is 0.417 e. The quantitative estimate of drug-likeness (QED) is 0.456. The first-order chi connectivity index (χ1) is 16.0. The van der Waals surface area contributed by atoms with Crippen molar-refractivity contribution in [2.75, 3.05) is 19.6 Å². The molecule has 10 heteroatoms. The lowest BCUT2D eigenvalue weighted by atomic mass is 9.93. The van der Waals surface area contributed by atoms with Crippen LogP contribution in [0.15, 0.2) is 45.7 Å². The zero-order chi connectivity index (χ0) is 22.5. The molecule has 2 N–H and O–H groups in total. The molecule has 2 aromatic heterocycles. The maximum absolute atomic E-state index is 11.8. The van der Waals surface area contributed by atoms with E-state index in [1.807, 2.05) is 18.2 Å². The van der Waals surface area contributed by atoms with Crippen molar-refractivity contribution >= 4 is 17.1 Å². The van der Waals surface area contributed by atoms with Gasteiger partial charge in [0.05, 0.1) is 28.7 Å². The molecular weight excluding hydrogens is 424 g/mol. The Bertz CT molecular complexity index is 1430. The van der Waals surface area contributed by atoms with E-state index in [4.69, 9.17) is 9.15 Å². The third kappa shape index (κ3) is 3.53. The normalized spacial score (nSPS) is 18.6. The number of carbonyl (C=O) groups excluding carboxylic acids is 1. The van der Waals surface area contributed by atoms with Crippen molar-refractivity contribution in [2.45, 2.75) is 26.1 Å². The van der Waals surface area contributed by atoms with E-state index < -0.39 is 5.76 Å². The molecule has 0 saturated carbocycles. The number of fused-ring (bicyclic) bond motifs is 2. The summed E-state index contributed by atoms with van der Waals surface area (Å²) in [5.41, 5.74) is 6.71. The SMILES string of the molecule is Cc1c([C@@H]2CN(Cc3cnn(-c4ccc5oc(=O)[nH]c5c4)n3)CCN2)ccc2c1COC2=O. The molecule has 2 aromatic carbocycles. The van der Waals surface area contributed by atoms with Gasteiger partial charge < -0.3 is 14.5 Å². The summed E-state index contributed by atoms with van der Waals surface area (Å²) in [6.45, 7) is 5.67. The van der Waals surface area contributed by atoms with E-state index in [2.05, 4.69) is 32.3 Å². The van der Waals surface area contributed by atoms with Gasteiger partial charge in [-0.1, -0.05) is 6.07 Å². The smallest absolute Gasteiger partial charge is 0.417 e. The number of piperazine rings is 1. The van der Waals surface area contributed by atoms with Crippen LogP contribution >= 0.6 is 0 Å². The fraction of sp³-hybridized carbons (Fsp3) is 0.304. The van der Waals surface area contributed by atoms with Crippen molar-refractivity contribution in [1.82, 2.24) is 30.2 Å². The van der Waals surface area contributed by atoms with Crippen LogP contribution in [0.3, 0.4) is 0 Å². The van der Waals surface area contributed by atoms with Crippen molar-refractivity contribution in [3.05, 3.63) is 75.0 Å². The average Bonchev–Trinajstić information content (AvgIpc) is 3.52. The highest BCUT2D eigenvalue weighted by molar-refractivity contribution is 5.94. The molecular formula is C23H22N6O4. The summed E-state index contributed by atoms with van der Waals surface area (Å²) < 4.78 is 10.3. The predicted molar refractivity (Wildman–Crippen MR) is 118 cm³/mol. The lowest BCUT2D eigenvalue weighted by Gasteiger charge is -2.34. The van der Waals surface area contributed by atoms with Gasteiger partial charge in [0.1, 0.15) is 6.61 Å². The number of aromatic nitrogens is 4. The Hall–Kier alpha value is -3.76. The van der Waals surface area contributed by atoms with E-state index in [0.29, 0.717) is 29.8 Å². The second-order valence-corrected chi connectivity index (χ2v) is 8.44. The lowest BCUT2D eigenvalue weighted by molar-refractivity contribution is 0.0535. The Morgan fingerprint density at radius 2 is 2.12 bits per heavy atom. The van der Waals surface area contributed by atoms with Gasteiger partial charge in [-0.25, -0.2) is 9.59 Å². The number of H-pyrrole nitrogens is 1. The molecule has 1 atom stereocenters. The number of oxazole rings is 1. The Balaban J connectivity index is 1.18. The highest BCUT2D eigenvalue weighted by Gasteiger charge is 2.28. The zero-order valence-corrected chi connectivity index (χ0v) is 18.0. The molecule has 33 heavy (non-hydrogen) atoms. The van der Waals surface area contributed by atoms with E-state index in [-0.39, 0.29) is 12.0 Å². The first-order valence-electron chi connectivity index (χ1n) is 10.8. The van der Waals surface area contributed by atoms with Gasteiger partial charge in [-0.3, -0.25) is 9.88 Å². The third-order valence-electron chi connectivity index (χ3n) is 6.40. The van der Waals surface area contributed by atoms with E-state index in [9.17, 15) is 9.59 Å². The van der Waals surface area contributed by atoms with Gasteiger partial charge in [0, 0.05) is 37.8 Å². The monoisotopic (exact) mass is 446 g/mol. The minimum atomic E-state index is -0.484.